The van der Waals surface area contributed by atoms with Gasteiger partial charge in [-0.1, -0.05) is 17.7 Å². The first kappa shape index (κ1) is 23.0. The number of halogens is 1. The molecular weight excluding hydrogens is 468 g/mol. The number of nitrogens with one attached hydrogen (secondary N) is 3. The summed E-state index contributed by atoms with van der Waals surface area (Å²) >= 11 is 6.00. The summed E-state index contributed by atoms with van der Waals surface area (Å²) in [5.41, 5.74) is 7.24. The van der Waals surface area contributed by atoms with Gasteiger partial charge in [0.05, 0.1) is 31.9 Å². The highest BCUT2D eigenvalue weighted by molar-refractivity contribution is 6.30. The largest absolute Gasteiger partial charge is 0.493 e. The summed E-state index contributed by atoms with van der Waals surface area (Å²) < 4.78 is 10.6. The second kappa shape index (κ2) is 9.48. The van der Waals surface area contributed by atoms with Gasteiger partial charge in [0.15, 0.2) is 11.5 Å². The van der Waals surface area contributed by atoms with Crippen LogP contribution in [0.4, 0.5) is 11.4 Å². The van der Waals surface area contributed by atoms with Crippen molar-refractivity contribution in [3.05, 3.63) is 82.4 Å². The lowest BCUT2D eigenvalue weighted by atomic mass is 9.88. The summed E-state index contributed by atoms with van der Waals surface area (Å²) in [5.74, 6) is 0.712. The fourth-order valence-corrected chi connectivity index (χ4v) is 4.63. The quantitative estimate of drug-likeness (QED) is 0.483. The third-order valence-electron chi connectivity index (χ3n) is 6.36. The first-order valence-electron chi connectivity index (χ1n) is 11.2. The molecule has 0 saturated carbocycles. The smallest absolute Gasteiger partial charge is 0.251 e. The first-order chi connectivity index (χ1) is 17.0. The van der Waals surface area contributed by atoms with Crippen LogP contribution < -0.4 is 30.5 Å². The van der Waals surface area contributed by atoms with Crippen LogP contribution in [0.1, 0.15) is 27.5 Å². The van der Waals surface area contributed by atoms with Gasteiger partial charge in [-0.05, 0) is 65.7 Å². The van der Waals surface area contributed by atoms with Crippen molar-refractivity contribution < 1.29 is 19.1 Å². The highest BCUT2D eigenvalue weighted by Crippen LogP contribution is 2.40. The summed E-state index contributed by atoms with van der Waals surface area (Å²) in [7, 11) is 3.15. The van der Waals surface area contributed by atoms with Crippen molar-refractivity contribution >= 4 is 34.8 Å². The number of nitrogens with zero attached hydrogens (tertiary/aromatic N) is 1. The molecule has 2 atom stereocenters. The van der Waals surface area contributed by atoms with Crippen molar-refractivity contribution in [2.45, 2.75) is 12.6 Å². The molecule has 8 nitrogen and oxygen atoms in total. The molecule has 2 unspecified atom stereocenters. The number of hydrogen-bond acceptors (Lipinski definition) is 6. The number of amides is 2. The van der Waals surface area contributed by atoms with Crippen LogP contribution in [0.25, 0.3) is 0 Å². The predicted octanol–water partition coefficient (Wildman–Crippen LogP) is 3.92. The van der Waals surface area contributed by atoms with E-state index in [1.54, 1.807) is 55.6 Å². The summed E-state index contributed by atoms with van der Waals surface area (Å²) in [6.07, 6.45) is 0. The maximum absolute atomic E-state index is 13.1. The highest BCUT2D eigenvalue weighted by Gasteiger charge is 2.44. The van der Waals surface area contributed by atoms with Crippen LogP contribution >= 0.6 is 11.6 Å². The molecule has 3 aromatic rings. The number of ether oxygens (including phenoxy) is 2. The molecule has 0 bridgehead atoms. The topological polar surface area (TPSA) is 91.9 Å². The lowest BCUT2D eigenvalue weighted by Gasteiger charge is -2.27. The molecule has 0 aliphatic carbocycles. The number of carbonyl (C=O) groups is 2. The minimum Gasteiger partial charge on any atom is -0.493 e. The molecule has 0 spiro atoms. The van der Waals surface area contributed by atoms with Crippen LogP contribution in [0.3, 0.4) is 0 Å². The number of rotatable bonds is 6. The Morgan fingerprint density at radius 3 is 2.57 bits per heavy atom. The fraction of sp³-hybridized carbons (Fsp3) is 0.231. The molecule has 5 rings (SSSR count). The Hall–Kier alpha value is -3.75. The minimum atomic E-state index is -0.289. The maximum Gasteiger partial charge on any atom is 0.251 e. The molecule has 2 heterocycles. The van der Waals surface area contributed by atoms with Crippen molar-refractivity contribution in [2.24, 2.45) is 5.92 Å². The van der Waals surface area contributed by atoms with Crippen molar-refractivity contribution in [3.63, 3.8) is 0 Å². The Morgan fingerprint density at radius 2 is 1.83 bits per heavy atom. The Bertz CT molecular complexity index is 1280. The van der Waals surface area contributed by atoms with Crippen LogP contribution in [0.2, 0.25) is 5.02 Å². The van der Waals surface area contributed by atoms with Gasteiger partial charge in [0.2, 0.25) is 5.91 Å². The van der Waals surface area contributed by atoms with Crippen LogP contribution in [0.15, 0.2) is 60.7 Å². The van der Waals surface area contributed by atoms with E-state index in [9.17, 15) is 9.59 Å². The van der Waals surface area contributed by atoms with E-state index in [0.29, 0.717) is 35.2 Å². The third-order valence-corrected chi connectivity index (χ3v) is 6.61. The second-order valence-electron chi connectivity index (χ2n) is 8.42. The molecule has 3 aromatic carbocycles. The lowest BCUT2D eigenvalue weighted by Crippen LogP contribution is -2.35. The first-order valence-corrected chi connectivity index (χ1v) is 11.6. The van der Waals surface area contributed by atoms with E-state index < -0.39 is 0 Å². The average molecular weight is 493 g/mol. The van der Waals surface area contributed by atoms with Crippen molar-refractivity contribution in [1.82, 2.24) is 10.7 Å². The third kappa shape index (κ3) is 4.38. The molecule has 1 saturated heterocycles. The molecule has 3 N–H and O–H groups in total. The standard InChI is InChI=1S/C26H25ClN4O4/c1-34-22-10-3-15(11-23(22)35-2)13-29-25(32)16-4-9-21-19(12-16)24-20(14-28-21)26(33)31(30-24)18-7-5-17(27)6-8-18/h3-12,20,24,28,30H,13-14H2,1-2H3,(H,29,32). The Labute approximate surface area is 208 Å². The van der Waals surface area contributed by atoms with Gasteiger partial charge >= 0.3 is 0 Å². The molecule has 180 valence electrons. The summed E-state index contributed by atoms with van der Waals surface area (Å²) in [5, 5.41) is 8.45. The van der Waals surface area contributed by atoms with Gasteiger partial charge in [-0.15, -0.1) is 0 Å². The average Bonchev–Trinajstić information content (AvgIpc) is 3.23. The summed E-state index contributed by atoms with van der Waals surface area (Å²) in [6.45, 7) is 0.847. The van der Waals surface area contributed by atoms with Crippen molar-refractivity contribution in [2.75, 3.05) is 31.1 Å². The van der Waals surface area contributed by atoms with E-state index in [4.69, 9.17) is 21.1 Å². The molecule has 1 fully saturated rings. The molecule has 2 aliphatic heterocycles. The predicted molar refractivity (Wildman–Crippen MR) is 134 cm³/mol. The maximum atomic E-state index is 13.1. The van der Waals surface area contributed by atoms with Gasteiger partial charge in [0.25, 0.3) is 5.91 Å². The lowest BCUT2D eigenvalue weighted by molar-refractivity contribution is -0.120. The van der Waals surface area contributed by atoms with Crippen LogP contribution in [0, 0.1) is 5.92 Å². The van der Waals surface area contributed by atoms with Crippen molar-refractivity contribution in [1.29, 1.82) is 0 Å². The van der Waals surface area contributed by atoms with E-state index in [2.05, 4.69) is 16.1 Å². The van der Waals surface area contributed by atoms with Crippen molar-refractivity contribution in [3.8, 4) is 11.5 Å². The van der Waals surface area contributed by atoms with Crippen LogP contribution in [-0.4, -0.2) is 32.6 Å². The summed E-state index contributed by atoms with van der Waals surface area (Å²) in [4.78, 5) is 26.1. The Morgan fingerprint density at radius 1 is 1.06 bits per heavy atom. The van der Waals surface area contributed by atoms with E-state index in [-0.39, 0.29) is 23.8 Å². The van der Waals surface area contributed by atoms with Gasteiger partial charge in [0.1, 0.15) is 0 Å². The zero-order valence-electron chi connectivity index (χ0n) is 19.3. The SMILES string of the molecule is COc1ccc(CNC(=O)c2ccc3c(c2)C2NN(c4ccc(Cl)cc4)C(=O)C2CN3)cc1OC. The molecule has 0 radical (unpaired) electrons. The monoisotopic (exact) mass is 492 g/mol. The van der Waals surface area contributed by atoms with Gasteiger partial charge in [-0.2, -0.15) is 0 Å². The minimum absolute atomic E-state index is 0.0289. The number of anilines is 2. The zero-order valence-corrected chi connectivity index (χ0v) is 20.1. The molecule has 2 aliphatic rings. The van der Waals surface area contributed by atoms with E-state index in [0.717, 1.165) is 22.5 Å². The van der Waals surface area contributed by atoms with Gasteiger partial charge in [0, 0.05) is 29.4 Å². The van der Waals surface area contributed by atoms with E-state index in [1.807, 2.05) is 24.3 Å². The number of carbonyl (C=O) groups excluding carboxylic acids is 2. The molecule has 9 heteroatoms. The second-order valence-corrected chi connectivity index (χ2v) is 8.85. The van der Waals surface area contributed by atoms with E-state index in [1.165, 1.54) is 0 Å². The number of hydrogen-bond donors (Lipinski definition) is 3. The van der Waals surface area contributed by atoms with Gasteiger partial charge in [-0.25, -0.2) is 10.4 Å². The molecule has 35 heavy (non-hydrogen) atoms. The van der Waals surface area contributed by atoms with Gasteiger partial charge in [-0.3, -0.25) is 9.59 Å². The normalized spacial score (nSPS) is 18.4. The molecule has 0 aromatic heterocycles. The van der Waals surface area contributed by atoms with E-state index >= 15 is 0 Å². The number of fused-ring (bicyclic) bond motifs is 3. The highest BCUT2D eigenvalue weighted by atomic mass is 35.5. The zero-order chi connectivity index (χ0) is 24.5. The number of benzene rings is 3. The van der Waals surface area contributed by atoms with Crippen LogP contribution in [-0.2, 0) is 11.3 Å². The molecular formula is C26H25ClN4O4. The molecule has 2 amide bonds. The fourth-order valence-electron chi connectivity index (χ4n) is 4.50. The number of methoxy groups -OCH3 is 2. The summed E-state index contributed by atoms with van der Waals surface area (Å²) in [6, 6.07) is 17.9. The van der Waals surface area contributed by atoms with Gasteiger partial charge < -0.3 is 20.1 Å². The Kier molecular flexibility index (Phi) is 6.23. The number of hydrazine groups is 1. The Balaban J connectivity index is 1.33. The van der Waals surface area contributed by atoms with Crippen LogP contribution in [0.5, 0.6) is 11.5 Å².